The van der Waals surface area contributed by atoms with E-state index in [9.17, 15) is 0 Å². The highest BCUT2D eigenvalue weighted by molar-refractivity contribution is 5.97. The minimum Gasteiger partial charge on any atom is -0.341 e. The number of rotatable bonds is 5. The third-order valence-corrected chi connectivity index (χ3v) is 5.24. The fraction of sp³-hybridized carbons (Fsp3) is 0.185. The van der Waals surface area contributed by atoms with Crippen molar-refractivity contribution in [1.29, 1.82) is 0 Å². The number of nitrogens with zero attached hydrogens (tertiary/aromatic N) is 1. The summed E-state index contributed by atoms with van der Waals surface area (Å²) in [5.74, 6) is 0. The Morgan fingerprint density at radius 1 is 0.964 bits per heavy atom. The molecule has 0 saturated heterocycles. The van der Waals surface area contributed by atoms with Gasteiger partial charge in [-0.05, 0) is 44.9 Å². The van der Waals surface area contributed by atoms with Crippen LogP contribution in [0.5, 0.6) is 0 Å². The van der Waals surface area contributed by atoms with Crippen LogP contribution in [0.1, 0.15) is 38.8 Å². The van der Waals surface area contributed by atoms with E-state index in [2.05, 4.69) is 118 Å². The molecule has 0 aliphatic carbocycles. The lowest BCUT2D eigenvalue weighted by atomic mass is 9.83. The van der Waals surface area contributed by atoms with Gasteiger partial charge in [-0.15, -0.1) is 0 Å². The molecule has 1 aliphatic rings. The van der Waals surface area contributed by atoms with Crippen LogP contribution in [0.2, 0.25) is 0 Å². The van der Waals surface area contributed by atoms with Crippen molar-refractivity contribution in [1.82, 2.24) is 0 Å². The third-order valence-electron chi connectivity index (χ3n) is 5.24. The standard InChI is InChI=1S/C27H29N/c1-6-20(4)18-19-21(5)26-24(7-2)28(8-3)25-17-13-12-16-23(25)27(26)22-14-10-9-11-15-22/h6-7,9-19H,5,8H2,1-4H3/b19-18+,20-6+,24-7?. The lowest BCUT2D eigenvalue weighted by Crippen LogP contribution is -2.28. The number of likely N-dealkylation sites (N-methyl/N-ethyl adjacent to an activating group) is 1. The van der Waals surface area contributed by atoms with Crippen LogP contribution in [-0.2, 0) is 0 Å². The molecule has 3 rings (SSSR count). The molecule has 142 valence electrons. The Morgan fingerprint density at radius 3 is 2.29 bits per heavy atom. The summed E-state index contributed by atoms with van der Waals surface area (Å²) in [5, 5.41) is 0. The maximum Gasteiger partial charge on any atom is 0.0490 e. The molecule has 2 aromatic carbocycles. The van der Waals surface area contributed by atoms with E-state index in [-0.39, 0.29) is 0 Å². The summed E-state index contributed by atoms with van der Waals surface area (Å²) in [7, 11) is 0. The van der Waals surface area contributed by atoms with Crippen molar-refractivity contribution < 1.29 is 0 Å². The van der Waals surface area contributed by atoms with Gasteiger partial charge in [-0.2, -0.15) is 0 Å². The van der Waals surface area contributed by atoms with Crippen LogP contribution < -0.4 is 4.90 Å². The average Bonchev–Trinajstić information content (AvgIpc) is 2.75. The predicted molar refractivity (Wildman–Crippen MR) is 123 cm³/mol. The lowest BCUT2D eigenvalue weighted by Gasteiger charge is -2.36. The summed E-state index contributed by atoms with van der Waals surface area (Å²) >= 11 is 0. The molecule has 0 bridgehead atoms. The molecule has 1 nitrogen and oxygen atoms in total. The highest BCUT2D eigenvalue weighted by Gasteiger charge is 2.28. The molecule has 28 heavy (non-hydrogen) atoms. The van der Waals surface area contributed by atoms with Gasteiger partial charge in [0.1, 0.15) is 0 Å². The van der Waals surface area contributed by atoms with Gasteiger partial charge in [-0.25, -0.2) is 0 Å². The number of anilines is 1. The highest BCUT2D eigenvalue weighted by atomic mass is 15.1. The normalized spacial score (nSPS) is 16.1. The first kappa shape index (κ1) is 19.7. The number of fused-ring (bicyclic) bond motifs is 1. The Kier molecular flexibility index (Phi) is 6.16. The van der Waals surface area contributed by atoms with Crippen LogP contribution in [0.3, 0.4) is 0 Å². The largest absolute Gasteiger partial charge is 0.341 e. The number of para-hydroxylation sites is 1. The topological polar surface area (TPSA) is 3.24 Å². The molecule has 0 aromatic heterocycles. The Hall–Kier alpha value is -3.06. The molecule has 0 N–H and O–H groups in total. The lowest BCUT2D eigenvalue weighted by molar-refractivity contribution is 0.950. The smallest absolute Gasteiger partial charge is 0.0490 e. The Morgan fingerprint density at radius 2 is 1.64 bits per heavy atom. The zero-order valence-electron chi connectivity index (χ0n) is 17.4. The summed E-state index contributed by atoms with van der Waals surface area (Å²) in [6.07, 6.45) is 8.60. The fourth-order valence-corrected chi connectivity index (χ4v) is 3.73. The zero-order valence-corrected chi connectivity index (χ0v) is 17.4. The maximum atomic E-state index is 4.46. The van der Waals surface area contributed by atoms with Crippen LogP contribution >= 0.6 is 0 Å². The summed E-state index contributed by atoms with van der Waals surface area (Å²) < 4.78 is 0. The van der Waals surface area contributed by atoms with E-state index in [1.165, 1.54) is 39.2 Å². The van der Waals surface area contributed by atoms with Crippen LogP contribution in [0.25, 0.3) is 5.57 Å². The van der Waals surface area contributed by atoms with E-state index in [0.717, 1.165) is 12.1 Å². The van der Waals surface area contributed by atoms with Gasteiger partial charge in [0.25, 0.3) is 0 Å². The van der Waals surface area contributed by atoms with Gasteiger partial charge in [-0.1, -0.05) is 85.0 Å². The predicted octanol–water partition coefficient (Wildman–Crippen LogP) is 7.31. The Balaban J connectivity index is 2.33. The third kappa shape index (κ3) is 3.66. The number of hydrogen-bond donors (Lipinski definition) is 0. The summed E-state index contributed by atoms with van der Waals surface area (Å²) in [5.41, 5.74) is 9.66. The molecule has 0 saturated carbocycles. The van der Waals surface area contributed by atoms with Gasteiger partial charge >= 0.3 is 0 Å². The molecule has 1 heterocycles. The van der Waals surface area contributed by atoms with Crippen molar-refractivity contribution >= 4 is 11.3 Å². The van der Waals surface area contributed by atoms with Crippen molar-refractivity contribution in [3.8, 4) is 0 Å². The van der Waals surface area contributed by atoms with E-state index in [0.29, 0.717) is 0 Å². The first-order chi connectivity index (χ1) is 13.6. The summed E-state index contributed by atoms with van der Waals surface area (Å²) in [6.45, 7) is 13.9. The second-order valence-electron chi connectivity index (χ2n) is 6.94. The Labute approximate surface area is 169 Å². The number of allylic oxidation sites excluding steroid dienone is 6. The maximum absolute atomic E-state index is 4.46. The van der Waals surface area contributed by atoms with Crippen LogP contribution in [0.4, 0.5) is 5.69 Å². The molecule has 0 unspecified atom stereocenters. The summed E-state index contributed by atoms with van der Waals surface area (Å²) in [4.78, 5) is 2.39. The van der Waals surface area contributed by atoms with Crippen molar-refractivity contribution in [2.45, 2.75) is 27.7 Å². The quantitative estimate of drug-likeness (QED) is 0.501. The van der Waals surface area contributed by atoms with Crippen LogP contribution in [0, 0.1) is 0 Å². The molecule has 2 aromatic rings. The average molecular weight is 368 g/mol. The SMILES string of the molecule is C=C(/C=C/C(C)=C/C)C1=C(c2ccccc2)c2ccccc2N(CC)C1=CC. The van der Waals surface area contributed by atoms with E-state index >= 15 is 0 Å². The molecule has 0 amide bonds. The summed E-state index contributed by atoms with van der Waals surface area (Å²) in [6, 6.07) is 19.3. The van der Waals surface area contributed by atoms with E-state index < -0.39 is 0 Å². The minimum atomic E-state index is 0.910. The van der Waals surface area contributed by atoms with Gasteiger partial charge in [0.15, 0.2) is 0 Å². The van der Waals surface area contributed by atoms with Gasteiger partial charge in [-0.3, -0.25) is 0 Å². The van der Waals surface area contributed by atoms with E-state index in [4.69, 9.17) is 0 Å². The Bertz CT molecular complexity index is 984. The molecule has 0 fully saturated rings. The monoisotopic (exact) mass is 367 g/mol. The van der Waals surface area contributed by atoms with E-state index in [1.54, 1.807) is 0 Å². The molecular weight excluding hydrogens is 338 g/mol. The van der Waals surface area contributed by atoms with Crippen LogP contribution in [-0.4, -0.2) is 6.54 Å². The van der Waals surface area contributed by atoms with Gasteiger partial charge in [0.05, 0.1) is 0 Å². The van der Waals surface area contributed by atoms with Crippen LogP contribution in [0.15, 0.2) is 108 Å². The molecule has 1 heteroatoms. The van der Waals surface area contributed by atoms with Crippen molar-refractivity contribution in [3.05, 3.63) is 119 Å². The zero-order chi connectivity index (χ0) is 20.1. The van der Waals surface area contributed by atoms with Gasteiger partial charge in [0, 0.05) is 34.6 Å². The number of benzene rings is 2. The number of hydrogen-bond acceptors (Lipinski definition) is 1. The molecular formula is C27H29N. The minimum absolute atomic E-state index is 0.910. The molecule has 0 spiro atoms. The van der Waals surface area contributed by atoms with Crippen molar-refractivity contribution in [2.24, 2.45) is 0 Å². The van der Waals surface area contributed by atoms with E-state index in [1.807, 2.05) is 0 Å². The van der Waals surface area contributed by atoms with Gasteiger partial charge in [0.2, 0.25) is 0 Å². The first-order valence-electron chi connectivity index (χ1n) is 9.95. The second-order valence-corrected chi connectivity index (χ2v) is 6.94. The molecule has 0 radical (unpaired) electrons. The molecule has 0 atom stereocenters. The van der Waals surface area contributed by atoms with Crippen molar-refractivity contribution in [2.75, 3.05) is 11.4 Å². The van der Waals surface area contributed by atoms with Crippen molar-refractivity contribution in [3.63, 3.8) is 0 Å². The van der Waals surface area contributed by atoms with Gasteiger partial charge < -0.3 is 4.90 Å². The second kappa shape index (κ2) is 8.75. The first-order valence-corrected chi connectivity index (χ1v) is 9.95. The molecule has 1 aliphatic heterocycles. The highest BCUT2D eigenvalue weighted by Crippen LogP contribution is 2.45. The fourth-order valence-electron chi connectivity index (χ4n) is 3.73.